The van der Waals surface area contributed by atoms with Crippen molar-refractivity contribution in [1.29, 1.82) is 0 Å². The molecule has 1 heterocycles. The van der Waals surface area contributed by atoms with Crippen molar-refractivity contribution in [1.82, 2.24) is 4.90 Å². The van der Waals surface area contributed by atoms with Gasteiger partial charge in [0.2, 0.25) is 11.5 Å². The zero-order valence-corrected chi connectivity index (χ0v) is 22.6. The molecule has 13 heteroatoms. The van der Waals surface area contributed by atoms with E-state index in [1.165, 1.54) is 0 Å². The van der Waals surface area contributed by atoms with Crippen LogP contribution in [0.4, 0.5) is 13.2 Å². The molecule has 2 bridgehead atoms. The molecule has 1 aliphatic heterocycles. The number of nitrogens with zero attached hydrogens (tertiary/aromatic N) is 1. The Balaban J connectivity index is 1.62. The average Bonchev–Trinajstić information content (AvgIpc) is 3.33. The van der Waals surface area contributed by atoms with Gasteiger partial charge in [-0.25, -0.2) is 0 Å². The highest BCUT2D eigenvalue weighted by molar-refractivity contribution is 7.85. The zero-order chi connectivity index (χ0) is 28.2. The maximum atomic E-state index is 13.8. The number of halogens is 3. The number of fused-ring (bicyclic) bond motifs is 1. The van der Waals surface area contributed by atoms with Crippen molar-refractivity contribution in [3.05, 3.63) is 0 Å². The molecule has 7 atom stereocenters. The Morgan fingerprint density at radius 2 is 1.63 bits per heavy atom. The molecule has 7 unspecified atom stereocenters. The summed E-state index contributed by atoms with van der Waals surface area (Å²) in [4.78, 5) is 41.5. The third-order valence-electron chi connectivity index (χ3n) is 8.81. The SMILES string of the molecule is CC(C)N1C(=O)C2C3CC(C(OC(=O)C4CCCCCCC4)C31)C2C(=O)OC(C)(CS(=O)(=O)O)C(F)(F)F. The number of hydrogen-bond acceptors (Lipinski definition) is 7. The third kappa shape index (κ3) is 5.29. The summed E-state index contributed by atoms with van der Waals surface area (Å²) in [7, 11) is -5.17. The second kappa shape index (κ2) is 10.3. The lowest BCUT2D eigenvalue weighted by Gasteiger charge is -2.37. The summed E-state index contributed by atoms with van der Waals surface area (Å²) in [6.45, 7) is 3.94. The lowest BCUT2D eigenvalue weighted by atomic mass is 9.78. The van der Waals surface area contributed by atoms with Gasteiger partial charge in [-0.2, -0.15) is 21.6 Å². The summed E-state index contributed by atoms with van der Waals surface area (Å²) >= 11 is 0. The first-order valence-electron chi connectivity index (χ1n) is 13.3. The largest absolute Gasteiger partial charge is 0.460 e. The van der Waals surface area contributed by atoms with Gasteiger partial charge in [0.15, 0.2) is 0 Å². The van der Waals surface area contributed by atoms with Crippen molar-refractivity contribution in [3.63, 3.8) is 0 Å². The first-order chi connectivity index (χ1) is 17.6. The van der Waals surface area contributed by atoms with Crippen LogP contribution in [0.1, 0.15) is 72.1 Å². The highest BCUT2D eigenvalue weighted by Gasteiger charge is 2.72. The molecule has 4 aliphatic rings. The van der Waals surface area contributed by atoms with E-state index in [4.69, 9.17) is 14.0 Å². The first-order valence-corrected chi connectivity index (χ1v) is 14.9. The smallest absolute Gasteiger partial charge is 0.429 e. The maximum absolute atomic E-state index is 13.8. The maximum Gasteiger partial charge on any atom is 0.429 e. The van der Waals surface area contributed by atoms with Gasteiger partial charge >= 0.3 is 18.1 Å². The molecule has 3 aliphatic carbocycles. The van der Waals surface area contributed by atoms with Gasteiger partial charge in [0, 0.05) is 12.0 Å². The van der Waals surface area contributed by atoms with E-state index in [1.54, 1.807) is 18.7 Å². The van der Waals surface area contributed by atoms with Crippen LogP contribution in [0.3, 0.4) is 0 Å². The highest BCUT2D eigenvalue weighted by Crippen LogP contribution is 2.60. The molecule has 0 radical (unpaired) electrons. The van der Waals surface area contributed by atoms with Crippen molar-refractivity contribution >= 4 is 28.0 Å². The normalized spacial score (nSPS) is 33.7. The number of rotatable bonds is 7. The minimum absolute atomic E-state index is 0.295. The van der Waals surface area contributed by atoms with Crippen LogP contribution in [-0.2, 0) is 34.0 Å². The molecule has 1 saturated heterocycles. The molecule has 9 nitrogen and oxygen atoms in total. The topological polar surface area (TPSA) is 127 Å². The standard InChI is InChI=1S/C25H36F3NO8S/c1-13(2)29-19-15-11-16(20(19)36-22(31)14-9-7-5-4-6-8-10-14)18(17(15)21(29)30)23(32)37-24(3,25(26,27)28)12-38(33,34)35/h13-20H,4-12H2,1-3H3,(H,33,34,35). The molecular formula is C25H36F3NO8S. The number of esters is 2. The number of alkyl halides is 3. The van der Waals surface area contributed by atoms with Crippen LogP contribution < -0.4 is 0 Å². The molecular weight excluding hydrogens is 531 g/mol. The molecule has 0 aromatic rings. The fourth-order valence-electron chi connectivity index (χ4n) is 7.15. The number of carbonyl (C=O) groups is 3. The minimum Gasteiger partial charge on any atom is -0.460 e. The molecule has 1 N–H and O–H groups in total. The molecule has 3 saturated carbocycles. The van der Waals surface area contributed by atoms with Crippen LogP contribution in [0.5, 0.6) is 0 Å². The van der Waals surface area contributed by atoms with Gasteiger partial charge in [-0.1, -0.05) is 32.1 Å². The molecule has 0 aromatic carbocycles. The number of amides is 1. The van der Waals surface area contributed by atoms with E-state index in [9.17, 15) is 36.0 Å². The first kappa shape index (κ1) is 29.1. The Bertz CT molecular complexity index is 1060. The molecule has 0 spiro atoms. The quantitative estimate of drug-likeness (QED) is 0.366. The van der Waals surface area contributed by atoms with Crippen LogP contribution >= 0.6 is 0 Å². The van der Waals surface area contributed by atoms with E-state index < -0.39 is 81.3 Å². The van der Waals surface area contributed by atoms with E-state index in [-0.39, 0.29) is 12.0 Å². The van der Waals surface area contributed by atoms with Crippen molar-refractivity contribution in [3.8, 4) is 0 Å². The lowest BCUT2D eigenvalue weighted by Crippen LogP contribution is -2.54. The summed E-state index contributed by atoms with van der Waals surface area (Å²) in [5.74, 6) is -7.81. The van der Waals surface area contributed by atoms with E-state index in [2.05, 4.69) is 0 Å². The van der Waals surface area contributed by atoms with Gasteiger partial charge in [0.1, 0.15) is 11.9 Å². The summed E-state index contributed by atoms with van der Waals surface area (Å²) in [5, 5.41) is 0. The van der Waals surface area contributed by atoms with Gasteiger partial charge in [-0.3, -0.25) is 18.9 Å². The van der Waals surface area contributed by atoms with Crippen LogP contribution in [-0.4, -0.2) is 71.4 Å². The van der Waals surface area contributed by atoms with Crippen molar-refractivity contribution < 1.29 is 50.0 Å². The molecule has 1 amide bonds. The van der Waals surface area contributed by atoms with E-state index >= 15 is 0 Å². The highest BCUT2D eigenvalue weighted by atomic mass is 32.2. The van der Waals surface area contributed by atoms with Crippen LogP contribution in [0.15, 0.2) is 0 Å². The summed E-state index contributed by atoms with van der Waals surface area (Å²) in [5.41, 5.74) is -3.52. The van der Waals surface area contributed by atoms with E-state index in [1.807, 2.05) is 0 Å². The molecule has 4 rings (SSSR count). The predicted octanol–water partition coefficient (Wildman–Crippen LogP) is 3.51. The Hall–Kier alpha value is -1.89. The summed E-state index contributed by atoms with van der Waals surface area (Å²) in [6, 6.07) is -0.776. The van der Waals surface area contributed by atoms with Gasteiger partial charge in [-0.15, -0.1) is 0 Å². The number of carbonyl (C=O) groups excluding carboxylic acids is 3. The van der Waals surface area contributed by atoms with Crippen LogP contribution in [0.25, 0.3) is 0 Å². The minimum atomic E-state index is -5.31. The zero-order valence-electron chi connectivity index (χ0n) is 21.8. The summed E-state index contributed by atoms with van der Waals surface area (Å²) in [6.07, 6.45) is 0.381. The van der Waals surface area contributed by atoms with E-state index in [0.29, 0.717) is 26.2 Å². The summed E-state index contributed by atoms with van der Waals surface area (Å²) < 4.78 is 84.0. The lowest BCUT2D eigenvalue weighted by molar-refractivity contribution is -0.259. The van der Waals surface area contributed by atoms with Gasteiger partial charge in [-0.05, 0) is 46.0 Å². The second-order valence-corrected chi connectivity index (χ2v) is 13.2. The fraction of sp³-hybridized carbons (Fsp3) is 0.880. The van der Waals surface area contributed by atoms with Crippen LogP contribution in [0, 0.1) is 29.6 Å². The number of ether oxygens (including phenoxy) is 2. The Kier molecular flexibility index (Phi) is 7.85. The monoisotopic (exact) mass is 567 g/mol. The Morgan fingerprint density at radius 3 is 2.16 bits per heavy atom. The van der Waals surface area contributed by atoms with Gasteiger partial charge < -0.3 is 14.4 Å². The fourth-order valence-corrected chi connectivity index (χ4v) is 8.07. The number of likely N-dealkylation sites (tertiary alicyclic amines) is 1. The molecule has 0 aromatic heterocycles. The molecule has 216 valence electrons. The van der Waals surface area contributed by atoms with Crippen molar-refractivity contribution in [2.24, 2.45) is 29.6 Å². The number of hydrogen-bond donors (Lipinski definition) is 1. The predicted molar refractivity (Wildman–Crippen MR) is 127 cm³/mol. The van der Waals surface area contributed by atoms with Gasteiger partial charge in [0.05, 0.1) is 23.8 Å². The van der Waals surface area contributed by atoms with Gasteiger partial charge in [0.25, 0.3) is 10.1 Å². The van der Waals surface area contributed by atoms with Crippen molar-refractivity contribution in [2.75, 3.05) is 5.75 Å². The molecule has 38 heavy (non-hydrogen) atoms. The second-order valence-electron chi connectivity index (χ2n) is 11.8. The average molecular weight is 568 g/mol. The Labute approximate surface area is 220 Å². The Morgan fingerprint density at radius 1 is 1.05 bits per heavy atom. The van der Waals surface area contributed by atoms with Crippen LogP contribution in [0.2, 0.25) is 0 Å². The molecule has 4 fully saturated rings. The van der Waals surface area contributed by atoms with E-state index in [0.717, 1.165) is 32.1 Å². The van der Waals surface area contributed by atoms with Crippen molar-refractivity contribution in [2.45, 2.75) is 102 Å². The third-order valence-corrected chi connectivity index (χ3v) is 9.73.